The SMILES string of the molecule is CCN(C(=O)c1ccc(N)c(OC)c1)c1cccc(C)c1. The molecule has 110 valence electrons. The van der Waals surface area contributed by atoms with Crippen LogP contribution in [-0.2, 0) is 0 Å². The lowest BCUT2D eigenvalue weighted by Crippen LogP contribution is -2.30. The van der Waals surface area contributed by atoms with E-state index in [1.807, 2.05) is 38.1 Å². The van der Waals surface area contributed by atoms with Gasteiger partial charge in [-0.15, -0.1) is 0 Å². The first-order chi connectivity index (χ1) is 10.1. The smallest absolute Gasteiger partial charge is 0.258 e. The van der Waals surface area contributed by atoms with E-state index in [-0.39, 0.29) is 5.91 Å². The van der Waals surface area contributed by atoms with E-state index in [2.05, 4.69) is 0 Å². The average molecular weight is 284 g/mol. The molecular formula is C17H20N2O2. The van der Waals surface area contributed by atoms with E-state index in [0.29, 0.717) is 23.5 Å². The Balaban J connectivity index is 2.36. The molecular weight excluding hydrogens is 264 g/mol. The Kier molecular flexibility index (Phi) is 4.48. The third kappa shape index (κ3) is 3.16. The van der Waals surface area contributed by atoms with Crippen LogP contribution in [0.4, 0.5) is 11.4 Å². The number of nitrogens with zero attached hydrogens (tertiary/aromatic N) is 1. The number of hydrogen-bond acceptors (Lipinski definition) is 3. The Hall–Kier alpha value is -2.49. The normalized spacial score (nSPS) is 10.2. The molecule has 2 aromatic rings. The lowest BCUT2D eigenvalue weighted by atomic mass is 10.1. The molecule has 2 rings (SSSR count). The number of hydrogen-bond donors (Lipinski definition) is 1. The van der Waals surface area contributed by atoms with Crippen molar-refractivity contribution < 1.29 is 9.53 Å². The number of aryl methyl sites for hydroxylation is 1. The van der Waals surface area contributed by atoms with Gasteiger partial charge in [0.15, 0.2) is 0 Å². The predicted octanol–water partition coefficient (Wildman–Crippen LogP) is 3.25. The molecule has 0 heterocycles. The van der Waals surface area contributed by atoms with Gasteiger partial charge in [0.1, 0.15) is 5.75 Å². The third-order valence-corrected chi connectivity index (χ3v) is 3.36. The molecule has 0 aromatic heterocycles. The summed E-state index contributed by atoms with van der Waals surface area (Å²) < 4.78 is 5.18. The minimum Gasteiger partial charge on any atom is -0.495 e. The van der Waals surface area contributed by atoms with E-state index in [1.165, 1.54) is 7.11 Å². The molecule has 0 aliphatic rings. The predicted molar refractivity (Wildman–Crippen MR) is 85.9 cm³/mol. The molecule has 4 nitrogen and oxygen atoms in total. The van der Waals surface area contributed by atoms with E-state index < -0.39 is 0 Å². The average Bonchev–Trinajstić information content (AvgIpc) is 2.48. The fourth-order valence-electron chi connectivity index (χ4n) is 2.24. The maximum Gasteiger partial charge on any atom is 0.258 e. The van der Waals surface area contributed by atoms with Gasteiger partial charge in [0.05, 0.1) is 12.8 Å². The molecule has 21 heavy (non-hydrogen) atoms. The van der Waals surface area contributed by atoms with Crippen molar-refractivity contribution in [2.24, 2.45) is 0 Å². The van der Waals surface area contributed by atoms with Crippen LogP contribution in [0.5, 0.6) is 5.75 Å². The third-order valence-electron chi connectivity index (χ3n) is 3.36. The second-order valence-electron chi connectivity index (χ2n) is 4.85. The Labute approximate surface area is 125 Å². The number of nitrogen functional groups attached to an aromatic ring is 1. The molecule has 1 amide bonds. The van der Waals surface area contributed by atoms with E-state index in [9.17, 15) is 4.79 Å². The van der Waals surface area contributed by atoms with E-state index in [1.54, 1.807) is 23.1 Å². The fourth-order valence-corrected chi connectivity index (χ4v) is 2.24. The molecule has 0 aliphatic heterocycles. The standard InChI is InChI=1S/C17H20N2O2/c1-4-19(14-7-5-6-12(2)10-14)17(20)13-8-9-15(18)16(11-13)21-3/h5-11H,4,18H2,1-3H3. The number of anilines is 2. The van der Waals surface area contributed by atoms with Crippen molar-refractivity contribution in [3.05, 3.63) is 53.6 Å². The Morgan fingerprint density at radius 1 is 1.24 bits per heavy atom. The maximum absolute atomic E-state index is 12.7. The first-order valence-electron chi connectivity index (χ1n) is 6.89. The summed E-state index contributed by atoms with van der Waals surface area (Å²) in [4.78, 5) is 14.4. The van der Waals surface area contributed by atoms with E-state index in [4.69, 9.17) is 10.5 Å². The number of nitrogens with two attached hydrogens (primary N) is 1. The van der Waals surface area contributed by atoms with Crippen molar-refractivity contribution in [3.63, 3.8) is 0 Å². The molecule has 0 atom stereocenters. The van der Waals surface area contributed by atoms with Gasteiger partial charge in [0.2, 0.25) is 0 Å². The number of benzene rings is 2. The van der Waals surface area contributed by atoms with Crippen LogP contribution in [0.3, 0.4) is 0 Å². The van der Waals surface area contributed by atoms with Crippen molar-refractivity contribution in [1.82, 2.24) is 0 Å². The quantitative estimate of drug-likeness (QED) is 0.877. The number of rotatable bonds is 4. The van der Waals surface area contributed by atoms with Crippen molar-refractivity contribution in [3.8, 4) is 5.75 Å². The molecule has 0 unspecified atom stereocenters. The van der Waals surface area contributed by atoms with Gasteiger partial charge in [-0.05, 0) is 49.7 Å². The van der Waals surface area contributed by atoms with Crippen LogP contribution in [0.1, 0.15) is 22.8 Å². The summed E-state index contributed by atoms with van der Waals surface area (Å²) in [6.45, 7) is 4.55. The van der Waals surface area contributed by atoms with Crippen LogP contribution in [-0.4, -0.2) is 19.6 Å². The highest BCUT2D eigenvalue weighted by Crippen LogP contribution is 2.25. The number of amides is 1. The van der Waals surface area contributed by atoms with Crippen molar-refractivity contribution in [2.75, 3.05) is 24.3 Å². The molecule has 0 saturated heterocycles. The van der Waals surface area contributed by atoms with Crippen molar-refractivity contribution in [2.45, 2.75) is 13.8 Å². The lowest BCUT2D eigenvalue weighted by Gasteiger charge is -2.22. The summed E-state index contributed by atoms with van der Waals surface area (Å²) in [7, 11) is 1.54. The zero-order chi connectivity index (χ0) is 15.4. The molecule has 2 N–H and O–H groups in total. The zero-order valence-electron chi connectivity index (χ0n) is 12.6. The zero-order valence-corrected chi connectivity index (χ0v) is 12.6. The summed E-state index contributed by atoms with van der Waals surface area (Å²) in [5, 5.41) is 0. The van der Waals surface area contributed by atoms with Crippen LogP contribution in [0.2, 0.25) is 0 Å². The highest BCUT2D eigenvalue weighted by molar-refractivity contribution is 6.06. The largest absolute Gasteiger partial charge is 0.495 e. The highest BCUT2D eigenvalue weighted by Gasteiger charge is 2.17. The molecule has 0 spiro atoms. The van der Waals surface area contributed by atoms with Gasteiger partial charge in [-0.2, -0.15) is 0 Å². The molecule has 0 fully saturated rings. The Morgan fingerprint density at radius 3 is 2.62 bits per heavy atom. The van der Waals surface area contributed by atoms with Gasteiger partial charge in [0.25, 0.3) is 5.91 Å². The number of carbonyl (C=O) groups is 1. The van der Waals surface area contributed by atoms with E-state index >= 15 is 0 Å². The maximum atomic E-state index is 12.7. The second-order valence-corrected chi connectivity index (χ2v) is 4.85. The van der Waals surface area contributed by atoms with Crippen LogP contribution in [0.25, 0.3) is 0 Å². The summed E-state index contributed by atoms with van der Waals surface area (Å²) in [6, 6.07) is 13.0. The Morgan fingerprint density at radius 2 is 2.00 bits per heavy atom. The number of ether oxygens (including phenoxy) is 1. The topological polar surface area (TPSA) is 55.6 Å². The fraction of sp³-hybridized carbons (Fsp3) is 0.235. The number of methoxy groups -OCH3 is 1. The summed E-state index contributed by atoms with van der Waals surface area (Å²) >= 11 is 0. The first kappa shape index (κ1) is 14.9. The van der Waals surface area contributed by atoms with Gasteiger partial charge in [-0.25, -0.2) is 0 Å². The molecule has 4 heteroatoms. The van der Waals surface area contributed by atoms with Crippen LogP contribution >= 0.6 is 0 Å². The lowest BCUT2D eigenvalue weighted by molar-refractivity contribution is 0.0988. The van der Waals surface area contributed by atoms with Crippen LogP contribution < -0.4 is 15.4 Å². The second kappa shape index (κ2) is 6.31. The van der Waals surface area contributed by atoms with Gasteiger partial charge < -0.3 is 15.4 Å². The molecule has 0 saturated carbocycles. The van der Waals surface area contributed by atoms with Gasteiger partial charge >= 0.3 is 0 Å². The van der Waals surface area contributed by atoms with Crippen molar-refractivity contribution in [1.29, 1.82) is 0 Å². The van der Waals surface area contributed by atoms with Gasteiger partial charge in [-0.3, -0.25) is 4.79 Å². The van der Waals surface area contributed by atoms with Crippen LogP contribution in [0, 0.1) is 6.92 Å². The minimum absolute atomic E-state index is 0.0681. The first-order valence-corrected chi connectivity index (χ1v) is 6.89. The van der Waals surface area contributed by atoms with Crippen LogP contribution in [0.15, 0.2) is 42.5 Å². The highest BCUT2D eigenvalue weighted by atomic mass is 16.5. The minimum atomic E-state index is -0.0681. The molecule has 2 aromatic carbocycles. The summed E-state index contributed by atoms with van der Waals surface area (Å²) in [6.07, 6.45) is 0. The Bertz CT molecular complexity index is 653. The summed E-state index contributed by atoms with van der Waals surface area (Å²) in [5.74, 6) is 0.447. The molecule has 0 aliphatic carbocycles. The molecule has 0 bridgehead atoms. The van der Waals surface area contributed by atoms with Crippen molar-refractivity contribution >= 4 is 17.3 Å². The van der Waals surface area contributed by atoms with Gasteiger partial charge in [0, 0.05) is 17.8 Å². The van der Waals surface area contributed by atoms with Gasteiger partial charge in [-0.1, -0.05) is 12.1 Å². The number of carbonyl (C=O) groups excluding carboxylic acids is 1. The summed E-state index contributed by atoms with van der Waals surface area (Å²) in [5.41, 5.74) is 8.88. The van der Waals surface area contributed by atoms with E-state index in [0.717, 1.165) is 11.3 Å². The molecule has 0 radical (unpaired) electrons. The monoisotopic (exact) mass is 284 g/mol.